The minimum atomic E-state index is 0.288. The minimum Gasteiger partial charge on any atom is -0.468 e. The van der Waals surface area contributed by atoms with Crippen LogP contribution in [-0.4, -0.2) is 6.04 Å². The van der Waals surface area contributed by atoms with E-state index in [1.807, 2.05) is 6.07 Å². The van der Waals surface area contributed by atoms with Crippen LogP contribution in [0.4, 0.5) is 0 Å². The third kappa shape index (κ3) is 2.13. The molecule has 0 aromatic carbocycles. The molecular weight excluding hydrogens is 254 g/mol. The third-order valence-corrected chi connectivity index (χ3v) is 4.26. The lowest BCUT2D eigenvalue weighted by molar-refractivity contribution is 0.162. The lowest BCUT2D eigenvalue weighted by Crippen LogP contribution is -2.36. The summed E-state index contributed by atoms with van der Waals surface area (Å²) in [6.45, 7) is 4.61. The molecule has 2 rings (SSSR count). The molecule has 0 bridgehead atoms. The van der Waals surface area contributed by atoms with E-state index < -0.39 is 0 Å². The van der Waals surface area contributed by atoms with Gasteiger partial charge in [0, 0.05) is 12.0 Å². The van der Waals surface area contributed by atoms with Crippen LogP contribution in [0.2, 0.25) is 0 Å². The predicted octanol–water partition coefficient (Wildman–Crippen LogP) is 3.66. The van der Waals surface area contributed by atoms with Crippen LogP contribution in [0.5, 0.6) is 0 Å². The van der Waals surface area contributed by atoms with Crippen molar-refractivity contribution in [3.63, 3.8) is 0 Å². The van der Waals surface area contributed by atoms with E-state index in [0.29, 0.717) is 12.0 Å². The van der Waals surface area contributed by atoms with Crippen LogP contribution in [0.3, 0.4) is 0 Å². The molecule has 2 unspecified atom stereocenters. The average Bonchev–Trinajstić information content (AvgIpc) is 2.56. The lowest BCUT2D eigenvalue weighted by atomic mass is 9.66. The van der Waals surface area contributed by atoms with Crippen LogP contribution in [-0.2, 0) is 0 Å². The van der Waals surface area contributed by atoms with Gasteiger partial charge in [-0.3, -0.25) is 0 Å². The highest BCUT2D eigenvalue weighted by Crippen LogP contribution is 2.48. The molecular formula is C12H18BrNO. The topological polar surface area (TPSA) is 39.2 Å². The molecule has 1 aromatic rings. The van der Waals surface area contributed by atoms with E-state index in [2.05, 4.69) is 29.8 Å². The maximum Gasteiger partial charge on any atom is 0.121 e. The van der Waals surface area contributed by atoms with Gasteiger partial charge >= 0.3 is 0 Å². The Morgan fingerprint density at radius 1 is 1.53 bits per heavy atom. The van der Waals surface area contributed by atoms with E-state index in [1.54, 1.807) is 6.26 Å². The Hall–Kier alpha value is -0.280. The first-order valence-electron chi connectivity index (χ1n) is 5.49. The number of hydrogen-bond acceptors (Lipinski definition) is 2. The molecule has 1 heterocycles. The van der Waals surface area contributed by atoms with Crippen molar-refractivity contribution in [2.24, 2.45) is 11.1 Å². The van der Waals surface area contributed by atoms with Crippen LogP contribution in [0, 0.1) is 5.41 Å². The molecule has 0 aliphatic heterocycles. The van der Waals surface area contributed by atoms with E-state index in [0.717, 1.165) is 23.1 Å². The number of furan rings is 1. The zero-order valence-corrected chi connectivity index (χ0v) is 10.9. The van der Waals surface area contributed by atoms with E-state index in [9.17, 15) is 0 Å². The standard InChI is InChI=1S/C12H18BrNO/c1-12(2)5-3-8(14)7-9(12)11-10(13)4-6-15-11/h4,6,8-9H,3,5,7,14H2,1-2H3. The second-order valence-corrected chi connectivity index (χ2v) is 6.06. The highest BCUT2D eigenvalue weighted by molar-refractivity contribution is 9.10. The molecule has 1 saturated carbocycles. The Morgan fingerprint density at radius 2 is 2.27 bits per heavy atom. The molecule has 1 aliphatic rings. The van der Waals surface area contributed by atoms with E-state index in [-0.39, 0.29) is 5.41 Å². The van der Waals surface area contributed by atoms with Crippen molar-refractivity contribution >= 4 is 15.9 Å². The Kier molecular flexibility index (Phi) is 2.95. The molecule has 84 valence electrons. The fourth-order valence-electron chi connectivity index (χ4n) is 2.49. The van der Waals surface area contributed by atoms with Crippen molar-refractivity contribution in [2.45, 2.75) is 45.1 Å². The van der Waals surface area contributed by atoms with Crippen molar-refractivity contribution in [1.29, 1.82) is 0 Å². The first-order chi connectivity index (χ1) is 7.00. The van der Waals surface area contributed by atoms with Gasteiger partial charge in [-0.15, -0.1) is 0 Å². The van der Waals surface area contributed by atoms with Crippen molar-refractivity contribution in [2.75, 3.05) is 0 Å². The maximum absolute atomic E-state index is 6.05. The third-order valence-electron chi connectivity index (χ3n) is 3.60. The van der Waals surface area contributed by atoms with Gasteiger partial charge in [0.05, 0.1) is 10.7 Å². The first kappa shape index (κ1) is 11.2. The van der Waals surface area contributed by atoms with Gasteiger partial charge in [-0.2, -0.15) is 0 Å². The van der Waals surface area contributed by atoms with E-state index >= 15 is 0 Å². The van der Waals surface area contributed by atoms with Gasteiger partial charge in [0.15, 0.2) is 0 Å². The molecule has 15 heavy (non-hydrogen) atoms. The van der Waals surface area contributed by atoms with E-state index in [1.165, 1.54) is 6.42 Å². The summed E-state index contributed by atoms with van der Waals surface area (Å²) in [5.74, 6) is 1.50. The normalized spacial score (nSPS) is 30.4. The Bertz CT molecular complexity index is 345. The van der Waals surface area contributed by atoms with Gasteiger partial charge in [0.2, 0.25) is 0 Å². The smallest absolute Gasteiger partial charge is 0.121 e. The maximum atomic E-state index is 6.05. The summed E-state index contributed by atoms with van der Waals surface area (Å²) >= 11 is 3.54. The number of halogens is 1. The highest BCUT2D eigenvalue weighted by atomic mass is 79.9. The summed E-state index contributed by atoms with van der Waals surface area (Å²) in [5, 5.41) is 0. The van der Waals surface area contributed by atoms with Crippen molar-refractivity contribution in [3.8, 4) is 0 Å². The molecule has 3 heteroatoms. The van der Waals surface area contributed by atoms with Crippen LogP contribution in [0.1, 0.15) is 44.8 Å². The second kappa shape index (κ2) is 3.95. The van der Waals surface area contributed by atoms with Crippen LogP contribution < -0.4 is 5.73 Å². The van der Waals surface area contributed by atoms with Crippen molar-refractivity contribution in [3.05, 3.63) is 22.6 Å². The second-order valence-electron chi connectivity index (χ2n) is 5.21. The molecule has 2 nitrogen and oxygen atoms in total. The molecule has 1 aliphatic carbocycles. The number of rotatable bonds is 1. The van der Waals surface area contributed by atoms with Crippen LogP contribution in [0.15, 0.2) is 21.2 Å². The average molecular weight is 272 g/mol. The Balaban J connectivity index is 2.29. The zero-order valence-electron chi connectivity index (χ0n) is 9.29. The van der Waals surface area contributed by atoms with Gasteiger partial charge in [-0.05, 0) is 46.7 Å². The Morgan fingerprint density at radius 3 is 2.87 bits per heavy atom. The molecule has 2 N–H and O–H groups in total. The van der Waals surface area contributed by atoms with Crippen molar-refractivity contribution in [1.82, 2.24) is 0 Å². The lowest BCUT2D eigenvalue weighted by Gasteiger charge is -2.40. The molecule has 0 amide bonds. The van der Waals surface area contributed by atoms with Gasteiger partial charge < -0.3 is 10.2 Å². The molecule has 2 atom stereocenters. The van der Waals surface area contributed by atoms with Crippen LogP contribution >= 0.6 is 15.9 Å². The molecule has 1 fully saturated rings. The number of hydrogen-bond donors (Lipinski definition) is 1. The number of nitrogens with two attached hydrogens (primary N) is 1. The first-order valence-corrected chi connectivity index (χ1v) is 6.28. The SMILES string of the molecule is CC1(C)CCC(N)CC1c1occc1Br. The summed E-state index contributed by atoms with van der Waals surface area (Å²) in [7, 11) is 0. The highest BCUT2D eigenvalue weighted by Gasteiger charge is 2.38. The van der Waals surface area contributed by atoms with Gasteiger partial charge in [0.1, 0.15) is 5.76 Å². The summed E-state index contributed by atoms with van der Waals surface area (Å²) in [4.78, 5) is 0. The van der Waals surface area contributed by atoms with Gasteiger partial charge in [0.25, 0.3) is 0 Å². The molecule has 0 spiro atoms. The minimum absolute atomic E-state index is 0.288. The van der Waals surface area contributed by atoms with Gasteiger partial charge in [-0.1, -0.05) is 13.8 Å². The molecule has 0 saturated heterocycles. The fraction of sp³-hybridized carbons (Fsp3) is 0.667. The van der Waals surface area contributed by atoms with Crippen LogP contribution in [0.25, 0.3) is 0 Å². The summed E-state index contributed by atoms with van der Waals surface area (Å²) in [6, 6.07) is 2.28. The van der Waals surface area contributed by atoms with Gasteiger partial charge in [-0.25, -0.2) is 0 Å². The zero-order chi connectivity index (χ0) is 11.1. The Labute approximate surface area is 99.3 Å². The van der Waals surface area contributed by atoms with E-state index in [4.69, 9.17) is 10.2 Å². The quantitative estimate of drug-likeness (QED) is 0.847. The summed E-state index contributed by atoms with van der Waals surface area (Å²) in [5.41, 5.74) is 6.33. The fourth-order valence-corrected chi connectivity index (χ4v) is 2.96. The molecule has 0 radical (unpaired) electrons. The predicted molar refractivity (Wildman–Crippen MR) is 64.8 cm³/mol. The largest absolute Gasteiger partial charge is 0.468 e. The summed E-state index contributed by atoms with van der Waals surface area (Å²) < 4.78 is 6.66. The monoisotopic (exact) mass is 271 g/mol. The summed E-state index contributed by atoms with van der Waals surface area (Å²) in [6.07, 6.45) is 5.07. The molecule has 1 aromatic heterocycles. The van der Waals surface area contributed by atoms with Crippen molar-refractivity contribution < 1.29 is 4.42 Å².